The molecule has 106 valence electrons. The molecule has 2 aromatic rings. The zero-order valence-corrected chi connectivity index (χ0v) is 11.7. The second kappa shape index (κ2) is 5.77. The number of likely N-dealkylation sites (N-methyl/N-ethyl adjacent to an activating group) is 1. The first-order valence-corrected chi connectivity index (χ1v) is 7.10. The van der Waals surface area contributed by atoms with E-state index in [-0.39, 0.29) is 6.61 Å². The van der Waals surface area contributed by atoms with E-state index in [2.05, 4.69) is 16.9 Å². The van der Waals surface area contributed by atoms with Crippen molar-refractivity contribution < 1.29 is 9.84 Å². The maximum absolute atomic E-state index is 9.36. The summed E-state index contributed by atoms with van der Waals surface area (Å²) in [6, 6.07) is 8.66. The van der Waals surface area contributed by atoms with Crippen LogP contribution in [0.1, 0.15) is 18.4 Å². The Bertz CT molecular complexity index is 596. The largest absolute Gasteiger partial charge is 0.476 e. The highest BCUT2D eigenvalue weighted by molar-refractivity contribution is 5.89. The minimum absolute atomic E-state index is 0.00177. The van der Waals surface area contributed by atoms with Crippen LogP contribution >= 0.6 is 0 Å². The summed E-state index contributed by atoms with van der Waals surface area (Å²) in [6.07, 6.45) is 4.31. The number of benzene rings is 1. The Kier molecular flexibility index (Phi) is 3.85. The van der Waals surface area contributed by atoms with E-state index in [0.29, 0.717) is 12.5 Å². The molecule has 4 heteroatoms. The van der Waals surface area contributed by atoms with Gasteiger partial charge in [-0.15, -0.1) is 0 Å². The molecule has 1 heterocycles. The zero-order valence-electron chi connectivity index (χ0n) is 11.7. The van der Waals surface area contributed by atoms with Crippen LogP contribution in [-0.4, -0.2) is 41.2 Å². The minimum Gasteiger partial charge on any atom is -0.476 e. The van der Waals surface area contributed by atoms with Gasteiger partial charge in [0.1, 0.15) is 6.61 Å². The van der Waals surface area contributed by atoms with Crippen LogP contribution in [0.3, 0.4) is 0 Å². The van der Waals surface area contributed by atoms with Crippen molar-refractivity contribution in [3.8, 4) is 5.88 Å². The molecule has 0 radical (unpaired) electrons. The first-order chi connectivity index (χ1) is 9.79. The number of aromatic nitrogens is 1. The SMILES string of the molecule is CN(CCOc1ncc(CO)c2ccccc12)C1CC1. The van der Waals surface area contributed by atoms with Crippen molar-refractivity contribution >= 4 is 10.8 Å². The molecule has 1 saturated carbocycles. The number of aliphatic hydroxyl groups excluding tert-OH is 1. The molecule has 3 rings (SSSR count). The number of ether oxygens (including phenoxy) is 1. The molecule has 1 N–H and O–H groups in total. The summed E-state index contributed by atoms with van der Waals surface area (Å²) >= 11 is 0. The summed E-state index contributed by atoms with van der Waals surface area (Å²) < 4.78 is 5.83. The van der Waals surface area contributed by atoms with Gasteiger partial charge in [-0.25, -0.2) is 4.98 Å². The van der Waals surface area contributed by atoms with Crippen LogP contribution in [0.15, 0.2) is 30.5 Å². The van der Waals surface area contributed by atoms with Crippen LogP contribution in [0.25, 0.3) is 10.8 Å². The number of hydrogen-bond acceptors (Lipinski definition) is 4. The molecule has 1 aliphatic rings. The molecule has 0 amide bonds. The van der Waals surface area contributed by atoms with Crippen LogP contribution in [0.4, 0.5) is 0 Å². The standard InChI is InChI=1S/C16H20N2O2/c1-18(13-6-7-13)8-9-20-16-15-5-3-2-4-14(15)12(11-19)10-17-16/h2-5,10,13,19H,6-9,11H2,1H3. The van der Waals surface area contributed by atoms with Crippen LogP contribution in [0.2, 0.25) is 0 Å². The fraction of sp³-hybridized carbons (Fsp3) is 0.438. The number of fused-ring (bicyclic) bond motifs is 1. The molecule has 0 bridgehead atoms. The molecule has 20 heavy (non-hydrogen) atoms. The fourth-order valence-electron chi connectivity index (χ4n) is 2.45. The minimum atomic E-state index is -0.00177. The van der Waals surface area contributed by atoms with Gasteiger partial charge in [0.15, 0.2) is 0 Å². The van der Waals surface area contributed by atoms with Crippen LogP contribution in [0, 0.1) is 0 Å². The zero-order chi connectivity index (χ0) is 13.9. The maximum Gasteiger partial charge on any atom is 0.221 e. The average molecular weight is 272 g/mol. The van der Waals surface area contributed by atoms with E-state index in [1.165, 1.54) is 12.8 Å². The molecule has 0 saturated heterocycles. The number of hydrogen-bond donors (Lipinski definition) is 1. The smallest absolute Gasteiger partial charge is 0.221 e. The van der Waals surface area contributed by atoms with Gasteiger partial charge < -0.3 is 14.7 Å². The summed E-state index contributed by atoms with van der Waals surface area (Å²) in [5.41, 5.74) is 0.836. The van der Waals surface area contributed by atoms with E-state index < -0.39 is 0 Å². The van der Waals surface area contributed by atoms with Gasteiger partial charge in [0.05, 0.1) is 6.61 Å². The highest BCUT2D eigenvalue weighted by Gasteiger charge is 2.25. The predicted molar refractivity (Wildman–Crippen MR) is 78.8 cm³/mol. The van der Waals surface area contributed by atoms with Crippen molar-refractivity contribution in [2.75, 3.05) is 20.2 Å². The Morgan fingerprint density at radius 3 is 2.75 bits per heavy atom. The van der Waals surface area contributed by atoms with Gasteiger partial charge in [0.25, 0.3) is 0 Å². The lowest BCUT2D eigenvalue weighted by Gasteiger charge is -2.16. The third-order valence-corrected chi connectivity index (χ3v) is 3.86. The molecule has 1 fully saturated rings. The van der Waals surface area contributed by atoms with Crippen molar-refractivity contribution in [2.45, 2.75) is 25.5 Å². The summed E-state index contributed by atoms with van der Waals surface area (Å²) in [5.74, 6) is 0.655. The Hall–Kier alpha value is -1.65. The lowest BCUT2D eigenvalue weighted by molar-refractivity contribution is 0.228. The van der Waals surface area contributed by atoms with E-state index in [9.17, 15) is 5.11 Å². The first kappa shape index (κ1) is 13.3. The quantitative estimate of drug-likeness (QED) is 0.875. The normalized spacial score (nSPS) is 14.9. The fourth-order valence-corrected chi connectivity index (χ4v) is 2.45. The maximum atomic E-state index is 9.36. The number of pyridine rings is 1. The number of rotatable bonds is 6. The van der Waals surface area contributed by atoms with Gasteiger partial charge in [-0.1, -0.05) is 18.2 Å². The lowest BCUT2D eigenvalue weighted by Crippen LogP contribution is -2.26. The van der Waals surface area contributed by atoms with E-state index in [0.717, 1.165) is 28.9 Å². The molecule has 0 spiro atoms. The van der Waals surface area contributed by atoms with Crippen LogP contribution in [-0.2, 0) is 6.61 Å². The summed E-state index contributed by atoms with van der Waals surface area (Å²) in [7, 11) is 2.14. The highest BCUT2D eigenvalue weighted by Crippen LogP contribution is 2.27. The first-order valence-electron chi connectivity index (χ1n) is 7.10. The van der Waals surface area contributed by atoms with Crippen molar-refractivity contribution in [3.63, 3.8) is 0 Å². The van der Waals surface area contributed by atoms with Crippen molar-refractivity contribution in [1.82, 2.24) is 9.88 Å². The van der Waals surface area contributed by atoms with E-state index >= 15 is 0 Å². The average Bonchev–Trinajstić information content (AvgIpc) is 3.32. The number of nitrogens with zero attached hydrogens (tertiary/aromatic N) is 2. The molecule has 0 aliphatic heterocycles. The molecule has 1 aromatic heterocycles. The van der Waals surface area contributed by atoms with E-state index in [1.807, 2.05) is 24.3 Å². The topological polar surface area (TPSA) is 45.6 Å². The molecule has 0 atom stereocenters. The van der Waals surface area contributed by atoms with Crippen molar-refractivity contribution in [2.24, 2.45) is 0 Å². The van der Waals surface area contributed by atoms with Crippen LogP contribution in [0.5, 0.6) is 5.88 Å². The highest BCUT2D eigenvalue weighted by atomic mass is 16.5. The number of aliphatic hydroxyl groups is 1. The molecular weight excluding hydrogens is 252 g/mol. The third-order valence-electron chi connectivity index (χ3n) is 3.86. The van der Waals surface area contributed by atoms with Gasteiger partial charge in [-0.3, -0.25) is 0 Å². The lowest BCUT2D eigenvalue weighted by atomic mass is 10.1. The Morgan fingerprint density at radius 2 is 2.05 bits per heavy atom. The van der Waals surface area contributed by atoms with Gasteiger partial charge in [0, 0.05) is 29.7 Å². The van der Waals surface area contributed by atoms with Gasteiger partial charge in [-0.2, -0.15) is 0 Å². The molecule has 1 aromatic carbocycles. The van der Waals surface area contributed by atoms with Gasteiger partial charge >= 0.3 is 0 Å². The Labute approximate surface area is 119 Å². The molecular formula is C16H20N2O2. The second-order valence-corrected chi connectivity index (χ2v) is 5.35. The Balaban J connectivity index is 1.74. The third kappa shape index (κ3) is 2.76. The summed E-state index contributed by atoms with van der Waals surface area (Å²) in [4.78, 5) is 6.67. The van der Waals surface area contributed by atoms with Gasteiger partial charge in [0.2, 0.25) is 5.88 Å². The van der Waals surface area contributed by atoms with Crippen molar-refractivity contribution in [3.05, 3.63) is 36.0 Å². The predicted octanol–water partition coefficient (Wildman–Crippen LogP) is 2.20. The monoisotopic (exact) mass is 272 g/mol. The molecule has 0 unspecified atom stereocenters. The Morgan fingerprint density at radius 1 is 1.30 bits per heavy atom. The van der Waals surface area contributed by atoms with Crippen LogP contribution < -0.4 is 4.74 Å². The van der Waals surface area contributed by atoms with E-state index in [1.54, 1.807) is 6.20 Å². The molecule has 4 nitrogen and oxygen atoms in total. The molecule has 1 aliphatic carbocycles. The second-order valence-electron chi connectivity index (χ2n) is 5.35. The van der Waals surface area contributed by atoms with Gasteiger partial charge in [-0.05, 0) is 31.3 Å². The van der Waals surface area contributed by atoms with Crippen molar-refractivity contribution in [1.29, 1.82) is 0 Å². The summed E-state index contributed by atoms with van der Waals surface area (Å²) in [5, 5.41) is 11.3. The summed E-state index contributed by atoms with van der Waals surface area (Å²) in [6.45, 7) is 1.56. The van der Waals surface area contributed by atoms with E-state index in [4.69, 9.17) is 4.74 Å².